The number of amides is 2. The molecular weight excluding hydrogens is 244 g/mol. The number of carboxylic acids is 1. The largest absolute Gasteiger partial charge is 0.480 e. The first-order valence-corrected chi connectivity index (χ1v) is 6.87. The number of hydrogen-bond acceptors (Lipinski definition) is 2. The van der Waals surface area contributed by atoms with Crippen molar-refractivity contribution in [2.24, 2.45) is 5.92 Å². The molecule has 0 aliphatic carbocycles. The van der Waals surface area contributed by atoms with Crippen LogP contribution in [0.2, 0.25) is 0 Å². The van der Waals surface area contributed by atoms with Crippen molar-refractivity contribution in [2.45, 2.75) is 60.0 Å². The molecule has 19 heavy (non-hydrogen) atoms. The first-order chi connectivity index (χ1) is 8.55. The topological polar surface area (TPSA) is 60.9 Å². The van der Waals surface area contributed by atoms with Crippen LogP contribution in [0.4, 0.5) is 4.79 Å². The lowest BCUT2D eigenvalue weighted by Gasteiger charge is -2.40. The van der Waals surface area contributed by atoms with Gasteiger partial charge in [-0.15, -0.1) is 0 Å². The minimum absolute atomic E-state index is 0.0496. The molecule has 0 aromatic heterocycles. The van der Waals surface area contributed by atoms with Crippen LogP contribution in [0.1, 0.15) is 48.5 Å². The molecule has 0 heterocycles. The quantitative estimate of drug-likeness (QED) is 0.808. The minimum atomic E-state index is -1.20. The zero-order chi connectivity index (χ0) is 15.4. The third-order valence-corrected chi connectivity index (χ3v) is 3.18. The SMILES string of the molecule is CCN(C(=O)N(CC(C)C)C(C)C)C(C)(C)C(=O)O. The van der Waals surface area contributed by atoms with Crippen LogP contribution in [0.25, 0.3) is 0 Å². The van der Waals surface area contributed by atoms with Crippen LogP contribution in [0.3, 0.4) is 0 Å². The summed E-state index contributed by atoms with van der Waals surface area (Å²) in [7, 11) is 0. The van der Waals surface area contributed by atoms with Gasteiger partial charge in [0.15, 0.2) is 0 Å². The molecule has 0 aliphatic rings. The van der Waals surface area contributed by atoms with E-state index in [9.17, 15) is 14.7 Å². The maximum Gasteiger partial charge on any atom is 0.329 e. The molecule has 0 aromatic carbocycles. The smallest absolute Gasteiger partial charge is 0.329 e. The minimum Gasteiger partial charge on any atom is -0.480 e. The summed E-state index contributed by atoms with van der Waals surface area (Å²) in [4.78, 5) is 27.1. The van der Waals surface area contributed by atoms with Crippen molar-refractivity contribution in [2.75, 3.05) is 13.1 Å². The molecular formula is C14H28N2O3. The van der Waals surface area contributed by atoms with Gasteiger partial charge in [-0.1, -0.05) is 13.8 Å². The Kier molecular flexibility index (Phi) is 6.33. The van der Waals surface area contributed by atoms with Crippen LogP contribution in [0.5, 0.6) is 0 Å². The number of carboxylic acid groups (broad SMARTS) is 1. The summed E-state index contributed by atoms with van der Waals surface area (Å²) in [5, 5.41) is 9.28. The van der Waals surface area contributed by atoms with Crippen molar-refractivity contribution in [3.8, 4) is 0 Å². The lowest BCUT2D eigenvalue weighted by Crippen LogP contribution is -2.58. The second-order valence-electron chi connectivity index (χ2n) is 6.03. The van der Waals surface area contributed by atoms with Gasteiger partial charge in [0.25, 0.3) is 0 Å². The van der Waals surface area contributed by atoms with Crippen LogP contribution in [0, 0.1) is 5.92 Å². The Morgan fingerprint density at radius 1 is 1.16 bits per heavy atom. The summed E-state index contributed by atoms with van der Waals surface area (Å²) in [6, 6.07) is -0.160. The lowest BCUT2D eigenvalue weighted by atomic mass is 10.0. The summed E-state index contributed by atoms with van der Waals surface area (Å²) in [6.45, 7) is 13.9. The number of hydrogen-bond donors (Lipinski definition) is 1. The third-order valence-electron chi connectivity index (χ3n) is 3.18. The van der Waals surface area contributed by atoms with E-state index >= 15 is 0 Å². The van der Waals surface area contributed by atoms with E-state index in [0.29, 0.717) is 19.0 Å². The summed E-state index contributed by atoms with van der Waals surface area (Å²) in [6.07, 6.45) is 0. The van der Waals surface area contributed by atoms with E-state index in [-0.39, 0.29) is 12.1 Å². The molecule has 112 valence electrons. The maximum absolute atomic E-state index is 12.6. The Bertz CT molecular complexity index is 325. The normalized spacial score (nSPS) is 11.8. The monoisotopic (exact) mass is 272 g/mol. The average molecular weight is 272 g/mol. The number of likely N-dealkylation sites (N-methyl/N-ethyl adjacent to an activating group) is 1. The Balaban J connectivity index is 5.25. The second-order valence-corrected chi connectivity index (χ2v) is 6.03. The molecule has 0 bridgehead atoms. The van der Waals surface area contributed by atoms with Gasteiger partial charge in [0.05, 0.1) is 0 Å². The standard InChI is InChI=1S/C14H28N2O3/c1-8-16(14(6,7)12(17)18)13(19)15(11(4)5)9-10(2)3/h10-11H,8-9H2,1-7H3,(H,17,18). The van der Waals surface area contributed by atoms with E-state index in [1.165, 1.54) is 4.90 Å². The molecule has 1 N–H and O–H groups in total. The molecule has 0 rings (SSSR count). The van der Waals surface area contributed by atoms with Gasteiger partial charge in [-0.05, 0) is 40.5 Å². The van der Waals surface area contributed by atoms with Crippen molar-refractivity contribution in [1.29, 1.82) is 0 Å². The molecule has 5 heteroatoms. The lowest BCUT2D eigenvalue weighted by molar-refractivity contribution is -0.147. The third kappa shape index (κ3) is 4.40. The summed E-state index contributed by atoms with van der Waals surface area (Å²) in [5.74, 6) is -0.644. The van der Waals surface area contributed by atoms with Gasteiger partial charge in [-0.2, -0.15) is 0 Å². The number of urea groups is 1. The summed E-state index contributed by atoms with van der Waals surface area (Å²) in [5.41, 5.74) is -1.20. The molecule has 0 radical (unpaired) electrons. The van der Waals surface area contributed by atoms with Gasteiger partial charge in [0, 0.05) is 19.1 Å². The van der Waals surface area contributed by atoms with Crippen molar-refractivity contribution >= 4 is 12.0 Å². The predicted molar refractivity (Wildman–Crippen MR) is 76.2 cm³/mol. The highest BCUT2D eigenvalue weighted by molar-refractivity contribution is 5.85. The first-order valence-electron chi connectivity index (χ1n) is 6.87. The molecule has 0 spiro atoms. The van der Waals surface area contributed by atoms with Crippen molar-refractivity contribution in [1.82, 2.24) is 9.80 Å². The fourth-order valence-electron chi connectivity index (χ4n) is 1.94. The van der Waals surface area contributed by atoms with E-state index in [4.69, 9.17) is 0 Å². The van der Waals surface area contributed by atoms with Gasteiger partial charge in [0.1, 0.15) is 5.54 Å². The molecule has 0 saturated heterocycles. The highest BCUT2D eigenvalue weighted by Gasteiger charge is 2.39. The zero-order valence-corrected chi connectivity index (χ0v) is 13.2. The zero-order valence-electron chi connectivity index (χ0n) is 13.2. The molecule has 0 aromatic rings. The number of rotatable bonds is 6. The highest BCUT2D eigenvalue weighted by atomic mass is 16.4. The van der Waals surface area contributed by atoms with Crippen LogP contribution < -0.4 is 0 Å². The van der Waals surface area contributed by atoms with Crippen molar-refractivity contribution in [3.05, 3.63) is 0 Å². The second kappa shape index (κ2) is 6.78. The van der Waals surface area contributed by atoms with E-state index in [0.717, 1.165) is 0 Å². The van der Waals surface area contributed by atoms with Gasteiger partial charge < -0.3 is 14.9 Å². The van der Waals surface area contributed by atoms with Crippen LogP contribution in [0.15, 0.2) is 0 Å². The average Bonchev–Trinajstić information content (AvgIpc) is 2.25. The molecule has 5 nitrogen and oxygen atoms in total. The molecule has 2 amide bonds. The highest BCUT2D eigenvalue weighted by Crippen LogP contribution is 2.19. The molecule has 0 unspecified atom stereocenters. The van der Waals surface area contributed by atoms with E-state index in [1.807, 2.05) is 27.7 Å². The Morgan fingerprint density at radius 2 is 1.63 bits per heavy atom. The van der Waals surface area contributed by atoms with E-state index in [2.05, 4.69) is 0 Å². The van der Waals surface area contributed by atoms with E-state index in [1.54, 1.807) is 25.7 Å². The Labute approximate surface area is 116 Å². The predicted octanol–water partition coefficient (Wildman–Crippen LogP) is 2.66. The number of carbonyl (C=O) groups excluding carboxylic acids is 1. The molecule has 0 saturated carbocycles. The van der Waals surface area contributed by atoms with Crippen molar-refractivity contribution in [3.63, 3.8) is 0 Å². The van der Waals surface area contributed by atoms with Gasteiger partial charge in [0.2, 0.25) is 0 Å². The first kappa shape index (κ1) is 17.7. The maximum atomic E-state index is 12.6. The number of nitrogens with zero attached hydrogens (tertiary/aromatic N) is 2. The van der Waals surface area contributed by atoms with Gasteiger partial charge in [-0.25, -0.2) is 9.59 Å². The van der Waals surface area contributed by atoms with Crippen LogP contribution >= 0.6 is 0 Å². The fraction of sp³-hybridized carbons (Fsp3) is 0.857. The molecule has 0 aliphatic heterocycles. The summed E-state index contributed by atoms with van der Waals surface area (Å²) < 4.78 is 0. The molecule has 0 atom stereocenters. The fourth-order valence-corrected chi connectivity index (χ4v) is 1.94. The van der Waals surface area contributed by atoms with Crippen LogP contribution in [-0.2, 0) is 4.79 Å². The van der Waals surface area contributed by atoms with Gasteiger partial charge in [-0.3, -0.25) is 0 Å². The van der Waals surface area contributed by atoms with Crippen molar-refractivity contribution < 1.29 is 14.7 Å². The van der Waals surface area contributed by atoms with Crippen LogP contribution in [-0.4, -0.2) is 51.6 Å². The Hall–Kier alpha value is -1.26. The van der Waals surface area contributed by atoms with Gasteiger partial charge >= 0.3 is 12.0 Å². The molecule has 0 fully saturated rings. The number of aliphatic carboxylic acids is 1. The summed E-state index contributed by atoms with van der Waals surface area (Å²) >= 11 is 0. The number of carbonyl (C=O) groups is 2. The Morgan fingerprint density at radius 3 is 1.89 bits per heavy atom. The van der Waals surface area contributed by atoms with E-state index < -0.39 is 11.5 Å².